The second-order valence-electron chi connectivity index (χ2n) is 5.29. The Morgan fingerprint density at radius 2 is 1.80 bits per heavy atom. The molecule has 1 saturated carbocycles. The summed E-state index contributed by atoms with van der Waals surface area (Å²) in [4.78, 5) is 4.50. The normalized spacial score (nSPS) is 17.4. The smallest absolute Gasteiger partial charge is 0.242 e. The Balaban J connectivity index is 1.96. The predicted molar refractivity (Wildman–Crippen MR) is 78.9 cm³/mol. The van der Waals surface area contributed by atoms with E-state index in [0.717, 1.165) is 31.1 Å². The molecule has 1 N–H and O–H groups in total. The summed E-state index contributed by atoms with van der Waals surface area (Å²) in [5.41, 5.74) is 0.540. The molecule has 1 aromatic carbocycles. The van der Waals surface area contributed by atoms with Crippen LogP contribution < -0.4 is 4.72 Å². The van der Waals surface area contributed by atoms with Crippen molar-refractivity contribution in [2.24, 2.45) is 0 Å². The zero-order chi connectivity index (χ0) is 14.0. The van der Waals surface area contributed by atoms with Crippen LogP contribution in [0, 0.1) is 0 Å². The van der Waals surface area contributed by atoms with Gasteiger partial charge in [-0.3, -0.25) is 4.98 Å². The van der Waals surface area contributed by atoms with Gasteiger partial charge < -0.3 is 0 Å². The van der Waals surface area contributed by atoms with E-state index in [1.54, 1.807) is 18.3 Å². The van der Waals surface area contributed by atoms with Gasteiger partial charge in [0, 0.05) is 17.6 Å². The molecule has 5 heteroatoms. The van der Waals surface area contributed by atoms with Crippen molar-refractivity contribution in [3.63, 3.8) is 0 Å². The van der Waals surface area contributed by atoms with Crippen molar-refractivity contribution in [1.29, 1.82) is 0 Å². The fourth-order valence-corrected chi connectivity index (χ4v) is 4.28. The number of benzene rings is 1. The number of fused-ring (bicyclic) bond motifs is 1. The standard InChI is InChI=1S/C15H18N2O2S/c18-20(19,17-13-8-2-1-3-9-13)14-10-4-6-12-7-5-11-16-15(12)14/h4-7,10-11,13,17H,1-3,8-9H2. The average molecular weight is 290 g/mol. The van der Waals surface area contributed by atoms with E-state index in [0.29, 0.717) is 5.52 Å². The minimum absolute atomic E-state index is 0.0627. The summed E-state index contributed by atoms with van der Waals surface area (Å²) in [6.07, 6.45) is 6.88. The van der Waals surface area contributed by atoms with Gasteiger partial charge in [-0.25, -0.2) is 13.1 Å². The Morgan fingerprint density at radius 3 is 2.60 bits per heavy atom. The maximum absolute atomic E-state index is 12.6. The molecule has 3 rings (SSSR count). The third-order valence-corrected chi connectivity index (χ3v) is 5.36. The SMILES string of the molecule is O=S(=O)(NC1CCCCC1)c1cccc2cccnc12. The first-order chi connectivity index (χ1) is 9.67. The van der Waals surface area contributed by atoms with E-state index in [1.165, 1.54) is 6.42 Å². The molecule has 1 aliphatic carbocycles. The molecule has 0 radical (unpaired) electrons. The van der Waals surface area contributed by atoms with E-state index in [-0.39, 0.29) is 10.9 Å². The molecule has 0 spiro atoms. The molecular weight excluding hydrogens is 272 g/mol. The second kappa shape index (κ2) is 5.50. The Kier molecular flexibility index (Phi) is 3.72. The molecule has 106 valence electrons. The van der Waals surface area contributed by atoms with Crippen LogP contribution >= 0.6 is 0 Å². The van der Waals surface area contributed by atoms with Gasteiger partial charge in [-0.05, 0) is 25.0 Å². The fourth-order valence-electron chi connectivity index (χ4n) is 2.80. The summed E-state index contributed by atoms with van der Waals surface area (Å²) in [6, 6.07) is 9.02. The van der Waals surface area contributed by atoms with Crippen LogP contribution in [0.15, 0.2) is 41.4 Å². The van der Waals surface area contributed by atoms with Crippen LogP contribution in [-0.4, -0.2) is 19.4 Å². The number of nitrogens with zero attached hydrogens (tertiary/aromatic N) is 1. The highest BCUT2D eigenvalue weighted by atomic mass is 32.2. The van der Waals surface area contributed by atoms with E-state index in [1.807, 2.05) is 18.2 Å². The lowest BCUT2D eigenvalue weighted by Crippen LogP contribution is -2.36. The number of sulfonamides is 1. The molecule has 2 aromatic rings. The van der Waals surface area contributed by atoms with Crippen LogP contribution in [0.3, 0.4) is 0 Å². The molecule has 0 unspecified atom stereocenters. The molecule has 0 saturated heterocycles. The first kappa shape index (κ1) is 13.5. The quantitative estimate of drug-likeness (QED) is 0.945. The third kappa shape index (κ3) is 2.69. The van der Waals surface area contributed by atoms with Gasteiger partial charge >= 0.3 is 0 Å². The molecule has 1 fully saturated rings. The molecule has 0 atom stereocenters. The van der Waals surface area contributed by atoms with Crippen LogP contribution in [0.1, 0.15) is 32.1 Å². The van der Waals surface area contributed by atoms with E-state index in [2.05, 4.69) is 9.71 Å². The van der Waals surface area contributed by atoms with Crippen LogP contribution in [0.5, 0.6) is 0 Å². The van der Waals surface area contributed by atoms with Gasteiger partial charge in [0.05, 0.1) is 5.52 Å². The summed E-state index contributed by atoms with van der Waals surface area (Å²) in [7, 11) is -3.50. The molecule has 0 aliphatic heterocycles. The topological polar surface area (TPSA) is 59.1 Å². The largest absolute Gasteiger partial charge is 0.255 e. The Hall–Kier alpha value is -1.46. The van der Waals surface area contributed by atoms with E-state index < -0.39 is 10.0 Å². The summed E-state index contributed by atoms with van der Waals surface area (Å²) in [5.74, 6) is 0. The lowest BCUT2D eigenvalue weighted by molar-refractivity contribution is 0.412. The second-order valence-corrected chi connectivity index (χ2v) is 6.97. The highest BCUT2D eigenvalue weighted by molar-refractivity contribution is 7.89. The highest BCUT2D eigenvalue weighted by Gasteiger charge is 2.23. The Labute approximate surface area is 119 Å². The number of pyridine rings is 1. The van der Waals surface area contributed by atoms with Crippen LogP contribution in [0.4, 0.5) is 0 Å². The molecule has 4 nitrogen and oxygen atoms in total. The first-order valence-electron chi connectivity index (χ1n) is 7.03. The number of aromatic nitrogens is 1. The predicted octanol–water partition coefficient (Wildman–Crippen LogP) is 2.85. The molecular formula is C15H18N2O2S. The van der Waals surface area contributed by atoms with Crippen LogP contribution in [0.25, 0.3) is 10.9 Å². The number of para-hydroxylation sites is 1. The highest BCUT2D eigenvalue weighted by Crippen LogP contribution is 2.23. The van der Waals surface area contributed by atoms with Crippen molar-refractivity contribution in [1.82, 2.24) is 9.71 Å². The van der Waals surface area contributed by atoms with Crippen LogP contribution in [-0.2, 0) is 10.0 Å². The Morgan fingerprint density at radius 1 is 1.05 bits per heavy atom. The summed E-state index contributed by atoms with van der Waals surface area (Å²) >= 11 is 0. The van der Waals surface area contributed by atoms with Gasteiger partial charge in [-0.15, -0.1) is 0 Å². The van der Waals surface area contributed by atoms with Gasteiger partial charge in [-0.1, -0.05) is 37.5 Å². The lowest BCUT2D eigenvalue weighted by Gasteiger charge is -2.22. The Bertz CT molecular complexity index is 701. The van der Waals surface area contributed by atoms with Gasteiger partial charge in [-0.2, -0.15) is 0 Å². The van der Waals surface area contributed by atoms with Gasteiger partial charge in [0.25, 0.3) is 0 Å². The molecule has 1 aliphatic rings. The number of rotatable bonds is 3. The average Bonchev–Trinajstić information content (AvgIpc) is 2.47. The van der Waals surface area contributed by atoms with Crippen molar-refractivity contribution in [3.05, 3.63) is 36.5 Å². The van der Waals surface area contributed by atoms with Gasteiger partial charge in [0.2, 0.25) is 10.0 Å². The minimum atomic E-state index is -3.50. The fraction of sp³-hybridized carbons (Fsp3) is 0.400. The maximum Gasteiger partial charge on any atom is 0.242 e. The maximum atomic E-state index is 12.6. The molecule has 1 aromatic heterocycles. The zero-order valence-corrected chi connectivity index (χ0v) is 12.1. The van der Waals surface area contributed by atoms with E-state index in [4.69, 9.17) is 0 Å². The monoisotopic (exact) mass is 290 g/mol. The van der Waals surface area contributed by atoms with Crippen molar-refractivity contribution < 1.29 is 8.42 Å². The third-order valence-electron chi connectivity index (χ3n) is 3.81. The van der Waals surface area contributed by atoms with Crippen molar-refractivity contribution in [3.8, 4) is 0 Å². The van der Waals surface area contributed by atoms with E-state index in [9.17, 15) is 8.42 Å². The number of nitrogens with one attached hydrogen (secondary N) is 1. The zero-order valence-electron chi connectivity index (χ0n) is 11.2. The summed E-state index contributed by atoms with van der Waals surface area (Å²) in [6.45, 7) is 0. The molecule has 20 heavy (non-hydrogen) atoms. The minimum Gasteiger partial charge on any atom is -0.255 e. The van der Waals surface area contributed by atoms with Crippen molar-refractivity contribution in [2.75, 3.05) is 0 Å². The van der Waals surface area contributed by atoms with Gasteiger partial charge in [0.15, 0.2) is 0 Å². The lowest BCUT2D eigenvalue weighted by atomic mass is 9.96. The molecule has 0 amide bonds. The van der Waals surface area contributed by atoms with Crippen molar-refractivity contribution in [2.45, 2.75) is 43.0 Å². The molecule has 1 heterocycles. The number of hydrogen-bond donors (Lipinski definition) is 1. The number of hydrogen-bond acceptors (Lipinski definition) is 3. The molecule has 0 bridgehead atoms. The van der Waals surface area contributed by atoms with Gasteiger partial charge in [0.1, 0.15) is 4.90 Å². The summed E-state index contributed by atoms with van der Waals surface area (Å²) in [5, 5.41) is 0.846. The summed E-state index contributed by atoms with van der Waals surface area (Å²) < 4.78 is 28.0. The first-order valence-corrected chi connectivity index (χ1v) is 8.51. The van der Waals surface area contributed by atoms with E-state index >= 15 is 0 Å². The van der Waals surface area contributed by atoms with Crippen molar-refractivity contribution >= 4 is 20.9 Å². The van der Waals surface area contributed by atoms with Crippen LogP contribution in [0.2, 0.25) is 0 Å².